The summed E-state index contributed by atoms with van der Waals surface area (Å²) in [6.07, 6.45) is 0.810. The van der Waals surface area contributed by atoms with E-state index in [1.807, 2.05) is 42.5 Å². The van der Waals surface area contributed by atoms with Crippen LogP contribution >= 0.6 is 22.9 Å². The topological polar surface area (TPSA) is 28.5 Å². The van der Waals surface area contributed by atoms with E-state index in [1.54, 1.807) is 11.3 Å². The van der Waals surface area contributed by atoms with Crippen molar-refractivity contribution in [1.29, 1.82) is 0 Å². The van der Waals surface area contributed by atoms with Crippen LogP contribution in [0.3, 0.4) is 0 Å². The molecule has 0 N–H and O–H groups in total. The molecule has 3 aromatic carbocycles. The third kappa shape index (κ3) is 3.69. The second-order valence-electron chi connectivity index (χ2n) is 6.91. The minimum absolute atomic E-state index is 0.111. The highest BCUT2D eigenvalue weighted by molar-refractivity contribution is 7.14. The van der Waals surface area contributed by atoms with E-state index < -0.39 is 0 Å². The number of anilines is 1. The smallest absolute Gasteiger partial charge is 0.207 e. The van der Waals surface area contributed by atoms with Crippen LogP contribution < -0.4 is 5.01 Å². The van der Waals surface area contributed by atoms with Crippen LogP contribution in [0, 0.1) is 0 Å². The molecule has 4 aromatic rings. The van der Waals surface area contributed by atoms with Crippen molar-refractivity contribution in [2.45, 2.75) is 12.5 Å². The Balaban J connectivity index is 1.54. The van der Waals surface area contributed by atoms with Gasteiger partial charge in [0.2, 0.25) is 5.13 Å². The van der Waals surface area contributed by atoms with Crippen LogP contribution in [0.2, 0.25) is 5.02 Å². The number of hydrogen-bond acceptors (Lipinski definition) is 4. The second-order valence-corrected chi connectivity index (χ2v) is 8.19. The van der Waals surface area contributed by atoms with Gasteiger partial charge in [-0.25, -0.2) is 9.99 Å². The van der Waals surface area contributed by atoms with E-state index in [0.717, 1.165) is 39.1 Å². The second kappa shape index (κ2) is 7.82. The fourth-order valence-electron chi connectivity index (χ4n) is 3.58. The molecule has 5 heteroatoms. The number of hydrazone groups is 1. The monoisotopic (exact) mass is 415 g/mol. The largest absolute Gasteiger partial charge is 0.231 e. The first kappa shape index (κ1) is 18.1. The highest BCUT2D eigenvalue weighted by Gasteiger charge is 2.31. The fourth-order valence-corrected chi connectivity index (χ4v) is 4.60. The molecule has 0 radical (unpaired) electrons. The molecule has 0 fully saturated rings. The lowest BCUT2D eigenvalue weighted by Crippen LogP contribution is -2.18. The predicted molar refractivity (Wildman–Crippen MR) is 122 cm³/mol. The summed E-state index contributed by atoms with van der Waals surface area (Å²) in [5.74, 6) is 0. The zero-order valence-electron chi connectivity index (χ0n) is 15.6. The Labute approximate surface area is 178 Å². The molecule has 0 bridgehead atoms. The van der Waals surface area contributed by atoms with Gasteiger partial charge in [-0.2, -0.15) is 5.10 Å². The number of hydrogen-bond donors (Lipinski definition) is 0. The summed E-state index contributed by atoms with van der Waals surface area (Å²) in [5.41, 5.74) is 5.40. The van der Waals surface area contributed by atoms with Crippen LogP contribution in [-0.2, 0) is 0 Å². The highest BCUT2D eigenvalue weighted by Crippen LogP contribution is 2.39. The molecule has 1 aromatic heterocycles. The van der Waals surface area contributed by atoms with Crippen molar-refractivity contribution >= 4 is 33.8 Å². The van der Waals surface area contributed by atoms with E-state index in [9.17, 15) is 0 Å². The van der Waals surface area contributed by atoms with Gasteiger partial charge in [0.15, 0.2) is 0 Å². The average molecular weight is 416 g/mol. The predicted octanol–water partition coefficient (Wildman–Crippen LogP) is 6.82. The van der Waals surface area contributed by atoms with Gasteiger partial charge in [-0.1, -0.05) is 84.4 Å². The summed E-state index contributed by atoms with van der Waals surface area (Å²) in [5, 5.41) is 10.7. The summed E-state index contributed by atoms with van der Waals surface area (Å²) in [6, 6.07) is 28.7. The summed E-state index contributed by atoms with van der Waals surface area (Å²) < 4.78 is 0. The Morgan fingerprint density at radius 3 is 2.34 bits per heavy atom. The molecule has 142 valence electrons. The molecule has 1 atom stereocenters. The maximum atomic E-state index is 6.22. The highest BCUT2D eigenvalue weighted by atomic mass is 35.5. The van der Waals surface area contributed by atoms with Crippen LogP contribution in [0.1, 0.15) is 23.6 Å². The van der Waals surface area contributed by atoms with Gasteiger partial charge in [0, 0.05) is 22.4 Å². The molecule has 1 aliphatic rings. The van der Waals surface area contributed by atoms with Gasteiger partial charge in [-0.15, -0.1) is 11.3 Å². The Bertz CT molecular complexity index is 1150. The minimum Gasteiger partial charge on any atom is -0.231 e. The standard InChI is InChI=1S/C24H18ClN3S/c25-20-13-7-12-19(14-20)21-15-23(18-10-5-2-6-11-18)28(27-21)24-26-22(16-29-24)17-8-3-1-4-9-17/h1-14,16,23H,15H2. The van der Waals surface area contributed by atoms with Crippen molar-refractivity contribution in [2.75, 3.05) is 5.01 Å². The first-order chi connectivity index (χ1) is 14.3. The molecule has 0 aliphatic carbocycles. The Kier molecular flexibility index (Phi) is 4.88. The minimum atomic E-state index is 0.111. The van der Waals surface area contributed by atoms with Crippen molar-refractivity contribution in [1.82, 2.24) is 4.98 Å². The fraction of sp³-hybridized carbons (Fsp3) is 0.0833. The molecule has 0 saturated carbocycles. The molecule has 0 spiro atoms. The quantitative estimate of drug-likeness (QED) is 0.366. The van der Waals surface area contributed by atoms with Crippen LogP contribution in [0.25, 0.3) is 11.3 Å². The molecular formula is C24H18ClN3S. The van der Waals surface area contributed by atoms with Crippen molar-refractivity contribution < 1.29 is 0 Å². The van der Waals surface area contributed by atoms with Crippen LogP contribution in [-0.4, -0.2) is 10.7 Å². The summed E-state index contributed by atoms with van der Waals surface area (Å²) >= 11 is 7.84. The van der Waals surface area contributed by atoms with Gasteiger partial charge < -0.3 is 0 Å². The maximum Gasteiger partial charge on any atom is 0.207 e. The zero-order chi connectivity index (χ0) is 19.6. The van der Waals surface area contributed by atoms with E-state index in [0.29, 0.717) is 0 Å². The molecule has 1 aliphatic heterocycles. The lowest BCUT2D eigenvalue weighted by molar-refractivity contribution is 0.706. The normalized spacial score (nSPS) is 16.1. The van der Waals surface area contributed by atoms with Gasteiger partial charge in [-0.05, 0) is 23.3 Å². The van der Waals surface area contributed by atoms with Crippen molar-refractivity contribution in [3.63, 3.8) is 0 Å². The molecule has 1 unspecified atom stereocenters. The molecule has 0 amide bonds. The first-order valence-electron chi connectivity index (χ1n) is 9.46. The van der Waals surface area contributed by atoms with Gasteiger partial charge in [-0.3, -0.25) is 0 Å². The molecule has 5 rings (SSSR count). The number of halogens is 1. The van der Waals surface area contributed by atoms with Crippen molar-refractivity contribution in [3.05, 3.63) is 106 Å². The van der Waals surface area contributed by atoms with Crippen molar-refractivity contribution in [2.24, 2.45) is 5.10 Å². The molecular weight excluding hydrogens is 398 g/mol. The number of rotatable bonds is 4. The van der Waals surface area contributed by atoms with Crippen molar-refractivity contribution in [3.8, 4) is 11.3 Å². The maximum absolute atomic E-state index is 6.22. The number of nitrogens with zero attached hydrogens (tertiary/aromatic N) is 3. The molecule has 0 saturated heterocycles. The average Bonchev–Trinajstić information content (AvgIpc) is 3.43. The molecule has 3 nitrogen and oxygen atoms in total. The van der Waals surface area contributed by atoms with E-state index >= 15 is 0 Å². The van der Waals surface area contributed by atoms with Crippen LogP contribution in [0.4, 0.5) is 5.13 Å². The van der Waals surface area contributed by atoms with Gasteiger partial charge in [0.1, 0.15) is 0 Å². The molecule has 29 heavy (non-hydrogen) atoms. The number of aromatic nitrogens is 1. The van der Waals surface area contributed by atoms with E-state index in [1.165, 1.54) is 5.56 Å². The lowest BCUT2D eigenvalue weighted by Gasteiger charge is -2.21. The van der Waals surface area contributed by atoms with Gasteiger partial charge >= 0.3 is 0 Å². The van der Waals surface area contributed by atoms with Gasteiger partial charge in [0.05, 0.1) is 17.4 Å². The zero-order valence-corrected chi connectivity index (χ0v) is 17.1. The third-order valence-electron chi connectivity index (χ3n) is 5.01. The van der Waals surface area contributed by atoms with E-state index in [2.05, 4.69) is 52.9 Å². The summed E-state index contributed by atoms with van der Waals surface area (Å²) in [7, 11) is 0. The molecule has 2 heterocycles. The number of benzene rings is 3. The SMILES string of the molecule is Clc1cccc(C2=NN(c3nc(-c4ccccc4)cs3)C(c3ccccc3)C2)c1. The summed E-state index contributed by atoms with van der Waals surface area (Å²) in [6.45, 7) is 0. The first-order valence-corrected chi connectivity index (χ1v) is 10.7. The Hall–Kier alpha value is -2.95. The Morgan fingerprint density at radius 1 is 0.862 bits per heavy atom. The van der Waals surface area contributed by atoms with Crippen LogP contribution in [0.15, 0.2) is 95.4 Å². The Morgan fingerprint density at radius 2 is 1.59 bits per heavy atom. The third-order valence-corrected chi connectivity index (χ3v) is 6.08. The van der Waals surface area contributed by atoms with E-state index in [-0.39, 0.29) is 6.04 Å². The van der Waals surface area contributed by atoms with Gasteiger partial charge in [0.25, 0.3) is 0 Å². The summed E-state index contributed by atoms with van der Waals surface area (Å²) in [4.78, 5) is 4.90. The number of thiazole rings is 1. The van der Waals surface area contributed by atoms with Crippen LogP contribution in [0.5, 0.6) is 0 Å². The lowest BCUT2D eigenvalue weighted by atomic mass is 9.99. The van der Waals surface area contributed by atoms with E-state index in [4.69, 9.17) is 21.7 Å².